The molecule has 0 aliphatic carbocycles. The van der Waals surface area contributed by atoms with Crippen LogP contribution < -0.4 is 0 Å². The van der Waals surface area contributed by atoms with Crippen molar-refractivity contribution in [3.05, 3.63) is 25.3 Å². The van der Waals surface area contributed by atoms with E-state index in [0.29, 0.717) is 12.8 Å². The number of rotatable bonds is 13. The van der Waals surface area contributed by atoms with Gasteiger partial charge in [-0.3, -0.25) is 19.2 Å². The number of carbonyl (C=O) groups is 4. The Morgan fingerprint density at radius 2 is 1.13 bits per heavy atom. The van der Waals surface area contributed by atoms with Crippen molar-refractivity contribution in [1.29, 1.82) is 0 Å². The lowest BCUT2D eigenvalue weighted by molar-refractivity contribution is -0.162. The minimum absolute atomic E-state index is 0.267. The Labute approximate surface area is 194 Å². The molecule has 0 aromatic heterocycles. The molecule has 0 heterocycles. The first-order valence-electron chi connectivity index (χ1n) is 10.2. The molecule has 9 heteroatoms. The van der Waals surface area contributed by atoms with Gasteiger partial charge in [0.1, 0.15) is 6.42 Å². The topological polar surface area (TPSA) is 105 Å². The summed E-state index contributed by atoms with van der Waals surface area (Å²) in [5.74, 6) is -2.92. The molecule has 31 heavy (non-hydrogen) atoms. The lowest BCUT2D eigenvalue weighted by atomic mass is 10.0. The summed E-state index contributed by atoms with van der Waals surface area (Å²) in [7, 11) is 0. The second-order valence-corrected chi connectivity index (χ2v) is 6.27. The maximum Gasteiger partial charge on any atom is 0.320 e. The number of ether oxygens (including phenoxy) is 4. The molecular weight excluding hydrogens is 472 g/mol. The second-order valence-electron chi connectivity index (χ2n) is 5.48. The van der Waals surface area contributed by atoms with Crippen LogP contribution in [-0.4, -0.2) is 55.6 Å². The summed E-state index contributed by atoms with van der Waals surface area (Å²) >= 11 is 3.24. The van der Waals surface area contributed by atoms with Crippen LogP contribution in [0.4, 0.5) is 0 Å². The van der Waals surface area contributed by atoms with Gasteiger partial charge < -0.3 is 18.9 Å². The zero-order valence-corrected chi connectivity index (χ0v) is 20.7. The lowest BCUT2D eigenvalue weighted by Crippen LogP contribution is -2.28. The van der Waals surface area contributed by atoms with E-state index in [1.807, 2.05) is 6.08 Å². The van der Waals surface area contributed by atoms with E-state index < -0.39 is 29.8 Å². The summed E-state index contributed by atoms with van der Waals surface area (Å²) in [5, 5.41) is 1.04. The van der Waals surface area contributed by atoms with E-state index in [9.17, 15) is 19.2 Å². The molecule has 0 unspecified atom stereocenters. The number of alkyl halides is 1. The van der Waals surface area contributed by atoms with Crippen LogP contribution in [0.15, 0.2) is 25.3 Å². The molecule has 0 fully saturated rings. The predicted molar refractivity (Wildman–Crippen MR) is 123 cm³/mol. The smallest absolute Gasteiger partial charge is 0.320 e. The van der Waals surface area contributed by atoms with Crippen LogP contribution in [-0.2, 0) is 38.1 Å². The molecule has 0 radical (unpaired) electrons. The van der Waals surface area contributed by atoms with E-state index in [1.165, 1.54) is 0 Å². The average molecular weight is 509 g/mol. The molecule has 0 rings (SSSR count). The third-order valence-electron chi connectivity index (χ3n) is 3.01. The molecule has 0 aromatic carbocycles. The van der Waals surface area contributed by atoms with Gasteiger partial charge in [0, 0.05) is 5.33 Å². The maximum atomic E-state index is 11.4. The van der Waals surface area contributed by atoms with E-state index >= 15 is 0 Å². The Morgan fingerprint density at radius 3 is 1.39 bits per heavy atom. The van der Waals surface area contributed by atoms with Gasteiger partial charge in [0.15, 0.2) is 5.92 Å². The zero-order chi connectivity index (χ0) is 24.5. The van der Waals surface area contributed by atoms with Gasteiger partial charge in [-0.25, -0.2) is 0 Å². The highest BCUT2D eigenvalue weighted by Crippen LogP contribution is 2.11. The van der Waals surface area contributed by atoms with Crippen LogP contribution >= 0.6 is 15.9 Å². The number of carbonyl (C=O) groups excluding carboxylic acids is 4. The minimum Gasteiger partial charge on any atom is -0.466 e. The van der Waals surface area contributed by atoms with Gasteiger partial charge in [-0.2, -0.15) is 0 Å². The summed E-state index contributed by atoms with van der Waals surface area (Å²) in [6, 6.07) is 0. The van der Waals surface area contributed by atoms with Gasteiger partial charge in [0.2, 0.25) is 0 Å². The molecule has 0 amide bonds. The van der Waals surface area contributed by atoms with Crippen molar-refractivity contribution in [2.24, 2.45) is 5.92 Å². The molecule has 0 atom stereocenters. The number of halogens is 1. The average Bonchev–Trinajstić information content (AvgIpc) is 2.70. The molecule has 0 saturated carbocycles. The summed E-state index contributed by atoms with van der Waals surface area (Å²) in [5.41, 5.74) is 0. The third-order valence-corrected chi connectivity index (χ3v) is 3.47. The molecule has 0 bridgehead atoms. The Kier molecular flexibility index (Phi) is 27.9. The number of hydrogen-bond donors (Lipinski definition) is 0. The highest BCUT2D eigenvalue weighted by atomic mass is 79.9. The van der Waals surface area contributed by atoms with Crippen molar-refractivity contribution >= 4 is 39.8 Å². The van der Waals surface area contributed by atoms with Gasteiger partial charge in [-0.1, -0.05) is 28.1 Å². The number of hydrogen-bond acceptors (Lipinski definition) is 8. The van der Waals surface area contributed by atoms with Crippen molar-refractivity contribution in [3.8, 4) is 0 Å². The normalized spacial score (nSPS) is 9.10. The van der Waals surface area contributed by atoms with E-state index in [-0.39, 0.29) is 32.8 Å². The Hall–Kier alpha value is -2.16. The minimum atomic E-state index is -0.817. The van der Waals surface area contributed by atoms with Crippen LogP contribution in [0.2, 0.25) is 0 Å². The second kappa shape index (κ2) is 25.9. The highest BCUT2D eigenvalue weighted by Gasteiger charge is 2.28. The summed E-state index contributed by atoms with van der Waals surface area (Å²) in [4.78, 5) is 44.0. The van der Waals surface area contributed by atoms with Crippen LogP contribution in [0.25, 0.3) is 0 Å². The molecule has 0 aliphatic rings. The Morgan fingerprint density at radius 1 is 0.742 bits per heavy atom. The monoisotopic (exact) mass is 508 g/mol. The first-order valence-corrected chi connectivity index (χ1v) is 11.3. The van der Waals surface area contributed by atoms with Gasteiger partial charge in [-0.05, 0) is 47.0 Å². The Bertz CT molecular complexity index is 486. The summed E-state index contributed by atoms with van der Waals surface area (Å²) < 4.78 is 18.6. The summed E-state index contributed by atoms with van der Waals surface area (Å²) in [6.07, 6.45) is 5.30. The fourth-order valence-corrected chi connectivity index (χ4v) is 2.04. The first kappa shape index (κ1) is 33.5. The lowest BCUT2D eigenvalue weighted by Gasteiger charge is -2.12. The third kappa shape index (κ3) is 24.0. The predicted octanol–water partition coefficient (Wildman–Crippen LogP) is 4.16. The number of allylic oxidation sites excluding steroid dienone is 2. The largest absolute Gasteiger partial charge is 0.466 e. The van der Waals surface area contributed by atoms with Gasteiger partial charge >= 0.3 is 23.9 Å². The molecule has 0 N–H and O–H groups in total. The van der Waals surface area contributed by atoms with E-state index in [1.54, 1.807) is 33.8 Å². The van der Waals surface area contributed by atoms with Crippen molar-refractivity contribution in [2.45, 2.75) is 53.4 Å². The van der Waals surface area contributed by atoms with E-state index in [0.717, 1.165) is 11.8 Å². The van der Waals surface area contributed by atoms with Gasteiger partial charge in [0.25, 0.3) is 0 Å². The highest BCUT2D eigenvalue weighted by molar-refractivity contribution is 9.09. The van der Waals surface area contributed by atoms with Crippen LogP contribution in [0.3, 0.4) is 0 Å². The Balaban J connectivity index is -0.000000428. The van der Waals surface area contributed by atoms with E-state index in [2.05, 4.69) is 38.6 Å². The zero-order valence-electron chi connectivity index (χ0n) is 19.2. The van der Waals surface area contributed by atoms with Crippen molar-refractivity contribution in [3.63, 3.8) is 0 Å². The van der Waals surface area contributed by atoms with Crippen LogP contribution in [0.5, 0.6) is 0 Å². The fourth-order valence-electron chi connectivity index (χ4n) is 1.72. The molecule has 8 nitrogen and oxygen atoms in total. The quantitative estimate of drug-likeness (QED) is 0.120. The first-order chi connectivity index (χ1) is 14.8. The molecule has 0 saturated heterocycles. The molecule has 180 valence electrons. The maximum absolute atomic E-state index is 11.4. The van der Waals surface area contributed by atoms with Crippen LogP contribution in [0.1, 0.15) is 53.4 Å². The molecule has 0 spiro atoms. The standard InChI is InChI=1S/C11H18O4.C7H12O4.C4H7Br/c1-4-7-8-9(10(12)14-5-2)11(13)15-6-3;1-3-10-6(8)5-7(9)11-4-2;1-2-3-4-5/h4,9H,1,5-8H2,2-3H3;3-5H2,1-2H3;2H,1,3-4H2. The van der Waals surface area contributed by atoms with Crippen LogP contribution in [0, 0.1) is 5.92 Å². The molecule has 0 aromatic rings. The van der Waals surface area contributed by atoms with Crippen molar-refractivity contribution in [1.82, 2.24) is 0 Å². The van der Waals surface area contributed by atoms with Crippen molar-refractivity contribution < 1.29 is 38.1 Å². The SMILES string of the molecule is C=CCCBr.C=CCCC(C(=O)OCC)C(=O)OCC.CCOC(=O)CC(=O)OCC. The molecule has 0 aliphatic heterocycles. The van der Waals surface area contributed by atoms with Gasteiger partial charge in [0.05, 0.1) is 26.4 Å². The van der Waals surface area contributed by atoms with Crippen molar-refractivity contribution in [2.75, 3.05) is 31.8 Å². The van der Waals surface area contributed by atoms with E-state index in [4.69, 9.17) is 9.47 Å². The fraction of sp³-hybridized carbons (Fsp3) is 0.636. The number of esters is 4. The molecular formula is C22H37BrO8. The van der Waals surface area contributed by atoms with Gasteiger partial charge in [-0.15, -0.1) is 13.2 Å². The summed E-state index contributed by atoms with van der Waals surface area (Å²) in [6.45, 7) is 14.9.